The van der Waals surface area contributed by atoms with E-state index in [1.165, 1.54) is 6.20 Å². The fourth-order valence-corrected chi connectivity index (χ4v) is 0.990. The minimum Gasteiger partial charge on any atom is -0.391 e. The molecule has 1 heterocycles. The molecule has 0 saturated heterocycles. The Morgan fingerprint density at radius 1 is 1.62 bits per heavy atom. The molecule has 0 radical (unpaired) electrons. The molecule has 1 amide bonds. The number of aliphatic hydroxyl groups excluding tert-OH is 1. The van der Waals surface area contributed by atoms with Crippen LogP contribution in [0.25, 0.3) is 0 Å². The van der Waals surface area contributed by atoms with E-state index in [1.807, 2.05) is 13.8 Å². The second-order valence-electron chi connectivity index (χ2n) is 3.82. The quantitative estimate of drug-likeness (QED) is 0.644. The molecule has 1 aromatic rings. The molecule has 16 heavy (non-hydrogen) atoms. The molecule has 0 bridgehead atoms. The van der Waals surface area contributed by atoms with Crippen molar-refractivity contribution in [1.29, 1.82) is 0 Å². The van der Waals surface area contributed by atoms with Crippen molar-refractivity contribution in [3.05, 3.63) is 28.4 Å². The lowest BCUT2D eigenvalue weighted by molar-refractivity contribution is 0.0866. The number of hydrogen-bond acceptors (Lipinski definition) is 4. The van der Waals surface area contributed by atoms with Gasteiger partial charge in [0.2, 0.25) is 0 Å². The van der Waals surface area contributed by atoms with Crippen LogP contribution in [0.3, 0.4) is 0 Å². The number of H-pyrrole nitrogens is 1. The van der Waals surface area contributed by atoms with Crippen molar-refractivity contribution in [2.24, 2.45) is 5.92 Å². The Kier molecular flexibility index (Phi) is 4.19. The van der Waals surface area contributed by atoms with Gasteiger partial charge in [-0.05, 0) is 5.92 Å². The number of aromatic nitrogens is 2. The molecule has 1 atom stereocenters. The van der Waals surface area contributed by atoms with E-state index in [0.29, 0.717) is 0 Å². The molecule has 1 rings (SSSR count). The lowest BCUT2D eigenvalue weighted by Gasteiger charge is -2.14. The topological polar surface area (TPSA) is 95.1 Å². The number of nitrogens with zero attached hydrogens (tertiary/aromatic N) is 1. The van der Waals surface area contributed by atoms with Gasteiger partial charge in [-0.2, -0.15) is 0 Å². The summed E-state index contributed by atoms with van der Waals surface area (Å²) >= 11 is 0. The average Bonchev–Trinajstić information content (AvgIpc) is 2.26. The summed E-state index contributed by atoms with van der Waals surface area (Å²) in [5.74, 6) is -0.347. The van der Waals surface area contributed by atoms with E-state index in [0.717, 1.165) is 6.20 Å². The van der Waals surface area contributed by atoms with Crippen LogP contribution < -0.4 is 10.9 Å². The Morgan fingerprint density at radius 2 is 2.31 bits per heavy atom. The SMILES string of the molecule is CC(C)C(O)CNC(=O)c1c[nH]c(=O)cn1. The van der Waals surface area contributed by atoms with Gasteiger partial charge in [-0.25, -0.2) is 4.98 Å². The summed E-state index contributed by atoms with van der Waals surface area (Å²) in [6.45, 7) is 3.88. The first kappa shape index (κ1) is 12.4. The van der Waals surface area contributed by atoms with Crippen LogP contribution in [0.1, 0.15) is 24.3 Å². The maximum atomic E-state index is 11.5. The predicted octanol–water partition coefficient (Wildman–Crippen LogP) is -0.483. The normalized spacial score (nSPS) is 12.5. The largest absolute Gasteiger partial charge is 0.391 e. The third-order valence-electron chi connectivity index (χ3n) is 2.15. The third kappa shape index (κ3) is 3.47. The molecule has 1 unspecified atom stereocenters. The number of hydrogen-bond donors (Lipinski definition) is 3. The van der Waals surface area contributed by atoms with Gasteiger partial charge in [0.25, 0.3) is 11.5 Å². The Balaban J connectivity index is 2.53. The predicted molar refractivity (Wildman–Crippen MR) is 58.0 cm³/mol. The molecular weight excluding hydrogens is 210 g/mol. The molecule has 6 heteroatoms. The van der Waals surface area contributed by atoms with Crippen molar-refractivity contribution in [2.75, 3.05) is 6.54 Å². The van der Waals surface area contributed by atoms with Crippen molar-refractivity contribution in [2.45, 2.75) is 20.0 Å². The standard InChI is InChI=1S/C10H15N3O3/c1-6(2)8(14)4-13-10(16)7-3-12-9(15)5-11-7/h3,5-6,8,14H,4H2,1-2H3,(H,12,15)(H,13,16). The summed E-state index contributed by atoms with van der Waals surface area (Å²) < 4.78 is 0. The van der Waals surface area contributed by atoms with Crippen molar-refractivity contribution < 1.29 is 9.90 Å². The number of nitrogens with one attached hydrogen (secondary N) is 2. The van der Waals surface area contributed by atoms with E-state index in [-0.39, 0.29) is 23.7 Å². The van der Waals surface area contributed by atoms with Crippen molar-refractivity contribution in [3.8, 4) is 0 Å². The third-order valence-corrected chi connectivity index (χ3v) is 2.15. The monoisotopic (exact) mass is 225 g/mol. The molecular formula is C10H15N3O3. The van der Waals surface area contributed by atoms with Crippen LogP contribution in [0.15, 0.2) is 17.2 Å². The van der Waals surface area contributed by atoms with Gasteiger partial charge < -0.3 is 15.4 Å². The summed E-state index contributed by atoms with van der Waals surface area (Å²) in [4.78, 5) is 28.2. The number of aromatic amines is 1. The smallest absolute Gasteiger partial charge is 0.271 e. The summed E-state index contributed by atoms with van der Waals surface area (Å²) in [5.41, 5.74) is -0.241. The summed E-state index contributed by atoms with van der Waals surface area (Å²) in [6, 6.07) is 0. The van der Waals surface area contributed by atoms with E-state index < -0.39 is 12.0 Å². The second-order valence-corrected chi connectivity index (χ2v) is 3.82. The molecule has 88 valence electrons. The first-order chi connectivity index (χ1) is 7.50. The molecule has 0 aliphatic carbocycles. The van der Waals surface area contributed by atoms with Crippen LogP contribution in [0, 0.1) is 5.92 Å². The molecule has 0 aliphatic heterocycles. The highest BCUT2D eigenvalue weighted by atomic mass is 16.3. The number of rotatable bonds is 4. The van der Waals surface area contributed by atoms with Crippen LogP contribution in [0.4, 0.5) is 0 Å². The van der Waals surface area contributed by atoms with E-state index in [4.69, 9.17) is 0 Å². The lowest BCUT2D eigenvalue weighted by Crippen LogP contribution is -2.35. The second kappa shape index (κ2) is 5.41. The number of carbonyl (C=O) groups excluding carboxylic acids is 1. The minimum atomic E-state index is -0.591. The van der Waals surface area contributed by atoms with Gasteiger partial charge >= 0.3 is 0 Å². The number of aliphatic hydroxyl groups is 1. The highest BCUT2D eigenvalue weighted by molar-refractivity contribution is 5.91. The molecule has 0 spiro atoms. The zero-order valence-corrected chi connectivity index (χ0v) is 9.23. The highest BCUT2D eigenvalue weighted by Crippen LogP contribution is 1.99. The zero-order chi connectivity index (χ0) is 12.1. The summed E-state index contributed by atoms with van der Waals surface area (Å²) in [7, 11) is 0. The molecule has 1 aromatic heterocycles. The van der Waals surface area contributed by atoms with Crippen LogP contribution in [0.2, 0.25) is 0 Å². The molecule has 0 fully saturated rings. The van der Waals surface area contributed by atoms with Crippen LogP contribution >= 0.6 is 0 Å². The van der Waals surface area contributed by atoms with E-state index in [9.17, 15) is 14.7 Å². The highest BCUT2D eigenvalue weighted by Gasteiger charge is 2.12. The zero-order valence-electron chi connectivity index (χ0n) is 9.23. The fraction of sp³-hybridized carbons (Fsp3) is 0.500. The first-order valence-corrected chi connectivity index (χ1v) is 5.01. The van der Waals surface area contributed by atoms with Gasteiger partial charge in [0, 0.05) is 12.7 Å². The van der Waals surface area contributed by atoms with Crippen LogP contribution in [-0.2, 0) is 0 Å². The maximum Gasteiger partial charge on any atom is 0.271 e. The Hall–Kier alpha value is -1.69. The lowest BCUT2D eigenvalue weighted by atomic mass is 10.1. The van der Waals surface area contributed by atoms with Gasteiger partial charge in [-0.3, -0.25) is 9.59 Å². The minimum absolute atomic E-state index is 0.0730. The molecule has 0 saturated carbocycles. The number of carbonyl (C=O) groups is 1. The molecule has 3 N–H and O–H groups in total. The van der Waals surface area contributed by atoms with E-state index in [2.05, 4.69) is 15.3 Å². The first-order valence-electron chi connectivity index (χ1n) is 5.01. The Labute approximate surface area is 92.7 Å². The molecule has 0 aliphatic rings. The van der Waals surface area contributed by atoms with Gasteiger partial charge in [-0.15, -0.1) is 0 Å². The van der Waals surface area contributed by atoms with Crippen molar-refractivity contribution in [3.63, 3.8) is 0 Å². The van der Waals surface area contributed by atoms with Crippen molar-refractivity contribution in [1.82, 2.24) is 15.3 Å². The summed E-state index contributed by atoms with van der Waals surface area (Å²) in [6.07, 6.45) is 1.68. The van der Waals surface area contributed by atoms with Gasteiger partial charge in [0.05, 0.1) is 12.3 Å². The molecule has 0 aromatic carbocycles. The fourth-order valence-electron chi connectivity index (χ4n) is 0.990. The van der Waals surface area contributed by atoms with E-state index in [1.54, 1.807) is 0 Å². The van der Waals surface area contributed by atoms with E-state index >= 15 is 0 Å². The van der Waals surface area contributed by atoms with Gasteiger partial charge in [-0.1, -0.05) is 13.8 Å². The average molecular weight is 225 g/mol. The molecule has 6 nitrogen and oxygen atoms in total. The van der Waals surface area contributed by atoms with Crippen molar-refractivity contribution >= 4 is 5.91 Å². The Bertz CT molecular complexity index is 394. The Morgan fingerprint density at radius 3 is 2.81 bits per heavy atom. The van der Waals surface area contributed by atoms with Gasteiger partial charge in [0.15, 0.2) is 0 Å². The van der Waals surface area contributed by atoms with Crippen LogP contribution in [0.5, 0.6) is 0 Å². The number of amides is 1. The maximum absolute atomic E-state index is 11.5. The van der Waals surface area contributed by atoms with Crippen LogP contribution in [-0.4, -0.2) is 33.6 Å². The van der Waals surface area contributed by atoms with Gasteiger partial charge in [0.1, 0.15) is 5.69 Å². The summed E-state index contributed by atoms with van der Waals surface area (Å²) in [5, 5.41) is 12.0.